The Morgan fingerprint density at radius 1 is 1.14 bits per heavy atom. The minimum atomic E-state index is -0.879. The van der Waals surface area contributed by atoms with Gasteiger partial charge >= 0.3 is 0 Å². The summed E-state index contributed by atoms with van der Waals surface area (Å²) in [6.45, 7) is 7.67. The first-order valence-electron chi connectivity index (χ1n) is 11.3. The fourth-order valence-corrected chi connectivity index (χ4v) is 2.97. The van der Waals surface area contributed by atoms with Crippen LogP contribution in [-0.2, 0) is 9.59 Å². The number of nitrogens with one attached hydrogen (secondary N) is 3. The van der Waals surface area contributed by atoms with E-state index < -0.39 is 17.4 Å². The Morgan fingerprint density at radius 2 is 1.91 bits per heavy atom. The molecule has 0 saturated heterocycles. The van der Waals surface area contributed by atoms with Crippen LogP contribution in [0.2, 0.25) is 0 Å². The molecule has 2 rings (SSSR count). The normalized spacial score (nSPS) is 17.3. The highest BCUT2D eigenvalue weighted by Crippen LogP contribution is 2.24. The van der Waals surface area contributed by atoms with E-state index in [9.17, 15) is 14.4 Å². The zero-order valence-corrected chi connectivity index (χ0v) is 20.7. The molecule has 0 aromatic carbocycles. The molecule has 3 amide bonds. The maximum atomic E-state index is 12.6. The highest BCUT2D eigenvalue weighted by Gasteiger charge is 2.22. The minimum absolute atomic E-state index is 0.233. The molecule has 1 atom stereocenters. The summed E-state index contributed by atoms with van der Waals surface area (Å²) in [5, 5.41) is 2.52. The zero-order valence-electron chi connectivity index (χ0n) is 20.7. The summed E-state index contributed by atoms with van der Waals surface area (Å²) in [4.78, 5) is 41.0. The van der Waals surface area contributed by atoms with Crippen molar-refractivity contribution >= 4 is 17.7 Å². The van der Waals surface area contributed by atoms with E-state index in [0.717, 1.165) is 5.57 Å². The van der Waals surface area contributed by atoms with E-state index in [1.807, 2.05) is 33.8 Å². The lowest BCUT2D eigenvalue weighted by Gasteiger charge is -2.24. The Bertz CT molecular complexity index is 1140. The second kappa shape index (κ2) is 12.9. The van der Waals surface area contributed by atoms with Gasteiger partial charge in [0.15, 0.2) is 0 Å². The molecule has 1 aliphatic carbocycles. The van der Waals surface area contributed by atoms with Crippen LogP contribution >= 0.6 is 0 Å². The van der Waals surface area contributed by atoms with Crippen molar-refractivity contribution in [3.05, 3.63) is 95.4 Å². The van der Waals surface area contributed by atoms with Gasteiger partial charge in [0.2, 0.25) is 0 Å². The average molecular weight is 477 g/mol. The third-order valence-electron chi connectivity index (χ3n) is 4.77. The number of amides is 3. The van der Waals surface area contributed by atoms with Crippen LogP contribution in [0.25, 0.3) is 0 Å². The summed E-state index contributed by atoms with van der Waals surface area (Å²) in [6, 6.07) is 3.19. The molecule has 35 heavy (non-hydrogen) atoms. The SMILES string of the molecule is CC/C=C(\C=C/C=C(C)C)C(=O)NNC(=O)C1=CC=CC(C)(Oc2ccnc(C(=O)NC)c2)C=C1. The van der Waals surface area contributed by atoms with Crippen molar-refractivity contribution in [3.63, 3.8) is 0 Å². The molecule has 1 unspecified atom stereocenters. The number of hydrogen-bond donors (Lipinski definition) is 3. The number of rotatable bonds is 8. The molecule has 0 bridgehead atoms. The van der Waals surface area contributed by atoms with Crippen LogP contribution in [-0.4, -0.2) is 35.4 Å². The van der Waals surface area contributed by atoms with Gasteiger partial charge in [-0.1, -0.05) is 36.8 Å². The van der Waals surface area contributed by atoms with Crippen LogP contribution < -0.4 is 20.9 Å². The number of carbonyl (C=O) groups is 3. The molecule has 0 saturated carbocycles. The minimum Gasteiger partial charge on any atom is -0.479 e. The smallest absolute Gasteiger partial charge is 0.269 e. The lowest BCUT2D eigenvalue weighted by molar-refractivity contribution is -0.124. The highest BCUT2D eigenvalue weighted by atomic mass is 16.5. The highest BCUT2D eigenvalue weighted by molar-refractivity contribution is 6.01. The number of allylic oxidation sites excluding steroid dienone is 6. The lowest BCUT2D eigenvalue weighted by atomic mass is 10.1. The fraction of sp³-hybridized carbons (Fsp3) is 0.259. The van der Waals surface area contributed by atoms with Crippen molar-refractivity contribution in [1.82, 2.24) is 21.2 Å². The van der Waals surface area contributed by atoms with E-state index >= 15 is 0 Å². The van der Waals surface area contributed by atoms with Crippen molar-refractivity contribution in [2.24, 2.45) is 0 Å². The third-order valence-corrected chi connectivity index (χ3v) is 4.77. The first kappa shape index (κ1) is 27.0. The van der Waals surface area contributed by atoms with Crippen molar-refractivity contribution < 1.29 is 19.1 Å². The Hall–Kier alpha value is -4.20. The lowest BCUT2D eigenvalue weighted by Crippen LogP contribution is -2.42. The van der Waals surface area contributed by atoms with Gasteiger partial charge in [-0.25, -0.2) is 0 Å². The molecule has 0 spiro atoms. The molecule has 0 fully saturated rings. The molecule has 184 valence electrons. The Kier molecular flexibility index (Phi) is 9.96. The number of hydrazine groups is 1. The molecule has 1 aromatic rings. The van der Waals surface area contributed by atoms with Gasteiger partial charge in [0.25, 0.3) is 17.7 Å². The number of nitrogens with zero attached hydrogens (tertiary/aromatic N) is 1. The van der Waals surface area contributed by atoms with Gasteiger partial charge in [-0.3, -0.25) is 30.2 Å². The van der Waals surface area contributed by atoms with Gasteiger partial charge in [0.1, 0.15) is 17.0 Å². The molecular weight excluding hydrogens is 444 g/mol. The van der Waals surface area contributed by atoms with Crippen molar-refractivity contribution in [3.8, 4) is 5.75 Å². The Balaban J connectivity index is 2.04. The summed E-state index contributed by atoms with van der Waals surface area (Å²) in [5.74, 6) is -0.755. The molecule has 1 heterocycles. The first-order chi connectivity index (χ1) is 16.7. The van der Waals surface area contributed by atoms with E-state index in [4.69, 9.17) is 4.74 Å². The summed E-state index contributed by atoms with van der Waals surface area (Å²) in [5.41, 5.74) is 6.14. The van der Waals surface area contributed by atoms with Crippen LogP contribution in [0.5, 0.6) is 5.75 Å². The number of ether oxygens (including phenoxy) is 1. The van der Waals surface area contributed by atoms with Crippen LogP contribution in [0.1, 0.15) is 44.6 Å². The van der Waals surface area contributed by atoms with Crippen LogP contribution in [0.4, 0.5) is 0 Å². The van der Waals surface area contributed by atoms with Crippen LogP contribution in [0.3, 0.4) is 0 Å². The number of carbonyl (C=O) groups excluding carboxylic acids is 3. The fourth-order valence-electron chi connectivity index (χ4n) is 2.97. The monoisotopic (exact) mass is 476 g/mol. The predicted molar refractivity (Wildman–Crippen MR) is 136 cm³/mol. The number of pyridine rings is 1. The Labute approximate surface area is 206 Å². The van der Waals surface area contributed by atoms with Gasteiger partial charge in [0, 0.05) is 30.5 Å². The maximum Gasteiger partial charge on any atom is 0.269 e. The summed E-state index contributed by atoms with van der Waals surface area (Å²) in [6.07, 6.45) is 17.7. The first-order valence-corrected chi connectivity index (χ1v) is 11.3. The molecule has 0 radical (unpaired) electrons. The molecule has 0 aliphatic heterocycles. The van der Waals surface area contributed by atoms with Crippen LogP contribution in [0, 0.1) is 0 Å². The van der Waals surface area contributed by atoms with Gasteiger partial charge < -0.3 is 10.1 Å². The predicted octanol–water partition coefficient (Wildman–Crippen LogP) is 3.64. The van der Waals surface area contributed by atoms with Gasteiger partial charge in [-0.15, -0.1) is 0 Å². The van der Waals surface area contributed by atoms with E-state index in [-0.39, 0.29) is 11.6 Å². The molecule has 8 heteroatoms. The van der Waals surface area contributed by atoms with Crippen LogP contribution in [0.15, 0.2) is 89.7 Å². The van der Waals surface area contributed by atoms with Gasteiger partial charge in [0.05, 0.1) is 0 Å². The second-order valence-electron chi connectivity index (χ2n) is 8.14. The van der Waals surface area contributed by atoms with E-state index in [1.165, 1.54) is 13.2 Å². The van der Waals surface area contributed by atoms with E-state index in [0.29, 0.717) is 23.3 Å². The molecule has 1 aromatic heterocycles. The van der Waals surface area contributed by atoms with Gasteiger partial charge in [-0.2, -0.15) is 0 Å². The molecule has 8 nitrogen and oxygen atoms in total. The Morgan fingerprint density at radius 3 is 2.60 bits per heavy atom. The topological polar surface area (TPSA) is 109 Å². The second-order valence-corrected chi connectivity index (χ2v) is 8.14. The zero-order chi connectivity index (χ0) is 25.8. The quantitative estimate of drug-likeness (QED) is 0.302. The molecule has 3 N–H and O–H groups in total. The van der Waals surface area contributed by atoms with E-state index in [2.05, 4.69) is 21.2 Å². The average Bonchev–Trinajstić information content (AvgIpc) is 3.02. The molecule has 1 aliphatic rings. The van der Waals surface area contributed by atoms with Crippen molar-refractivity contribution in [2.75, 3.05) is 7.05 Å². The number of hydrogen-bond acceptors (Lipinski definition) is 5. The largest absolute Gasteiger partial charge is 0.479 e. The van der Waals surface area contributed by atoms with Gasteiger partial charge in [-0.05, 0) is 63.6 Å². The third kappa shape index (κ3) is 8.58. The standard InChI is InChI=1S/C27H32N4O4/c1-6-9-20(11-7-10-19(2)3)24(32)30-31-25(33)21-12-8-15-27(4,16-13-21)35-22-14-17-29-23(18-22)26(34)28-5/h7-18H,6H2,1-5H3,(H,28,34)(H,30,32)(H,31,33)/b11-7-,20-9+. The van der Waals surface area contributed by atoms with Crippen molar-refractivity contribution in [1.29, 1.82) is 0 Å². The van der Waals surface area contributed by atoms with E-state index in [1.54, 1.807) is 60.7 Å². The number of aromatic nitrogens is 1. The summed E-state index contributed by atoms with van der Waals surface area (Å²) in [7, 11) is 1.53. The maximum absolute atomic E-state index is 12.6. The summed E-state index contributed by atoms with van der Waals surface area (Å²) >= 11 is 0. The van der Waals surface area contributed by atoms with Crippen molar-refractivity contribution in [2.45, 2.75) is 39.7 Å². The summed E-state index contributed by atoms with van der Waals surface area (Å²) < 4.78 is 6.05. The molecular formula is C27H32N4O4.